The number of benzene rings is 1. The SMILES string of the molecule is CCCNc1ncccc1COc1cccc(OCC)c1. The summed E-state index contributed by atoms with van der Waals surface area (Å²) in [5.41, 5.74) is 1.05. The van der Waals surface area contributed by atoms with E-state index in [0.717, 1.165) is 35.8 Å². The van der Waals surface area contributed by atoms with Crippen molar-refractivity contribution in [3.63, 3.8) is 0 Å². The number of hydrogen-bond donors (Lipinski definition) is 1. The summed E-state index contributed by atoms with van der Waals surface area (Å²) in [6, 6.07) is 11.6. The lowest BCUT2D eigenvalue weighted by Crippen LogP contribution is -2.07. The van der Waals surface area contributed by atoms with E-state index in [1.165, 1.54) is 0 Å². The summed E-state index contributed by atoms with van der Waals surface area (Å²) >= 11 is 0. The van der Waals surface area contributed by atoms with Crippen LogP contribution >= 0.6 is 0 Å². The highest BCUT2D eigenvalue weighted by molar-refractivity contribution is 5.43. The summed E-state index contributed by atoms with van der Waals surface area (Å²) in [6.45, 7) is 6.14. The molecule has 21 heavy (non-hydrogen) atoms. The number of pyridine rings is 1. The van der Waals surface area contributed by atoms with Gasteiger partial charge < -0.3 is 14.8 Å². The molecule has 4 heteroatoms. The zero-order chi connectivity index (χ0) is 14.9. The second-order valence-corrected chi connectivity index (χ2v) is 4.63. The van der Waals surface area contributed by atoms with E-state index in [-0.39, 0.29) is 0 Å². The fourth-order valence-electron chi connectivity index (χ4n) is 1.94. The average molecular weight is 286 g/mol. The lowest BCUT2D eigenvalue weighted by molar-refractivity contribution is 0.299. The van der Waals surface area contributed by atoms with Gasteiger partial charge in [-0.15, -0.1) is 0 Å². The minimum absolute atomic E-state index is 0.482. The van der Waals surface area contributed by atoms with Crippen LogP contribution in [0, 0.1) is 0 Å². The average Bonchev–Trinajstić information content (AvgIpc) is 2.52. The molecule has 0 spiro atoms. The van der Waals surface area contributed by atoms with Crippen LogP contribution in [0.2, 0.25) is 0 Å². The van der Waals surface area contributed by atoms with E-state index in [4.69, 9.17) is 9.47 Å². The van der Waals surface area contributed by atoms with Crippen LogP contribution in [0.25, 0.3) is 0 Å². The van der Waals surface area contributed by atoms with Gasteiger partial charge in [0.05, 0.1) is 6.61 Å². The molecule has 0 bridgehead atoms. The molecule has 1 aromatic heterocycles. The van der Waals surface area contributed by atoms with Crippen molar-refractivity contribution in [1.29, 1.82) is 0 Å². The van der Waals surface area contributed by atoms with E-state index in [9.17, 15) is 0 Å². The van der Waals surface area contributed by atoms with E-state index in [1.807, 2.05) is 43.3 Å². The van der Waals surface area contributed by atoms with Gasteiger partial charge in [0.15, 0.2) is 0 Å². The molecule has 1 heterocycles. The van der Waals surface area contributed by atoms with E-state index < -0.39 is 0 Å². The molecule has 0 saturated heterocycles. The molecule has 0 aliphatic rings. The number of nitrogens with zero attached hydrogens (tertiary/aromatic N) is 1. The number of ether oxygens (including phenoxy) is 2. The number of rotatable bonds is 8. The van der Waals surface area contributed by atoms with Gasteiger partial charge in [0.25, 0.3) is 0 Å². The van der Waals surface area contributed by atoms with Crippen LogP contribution < -0.4 is 14.8 Å². The third-order valence-electron chi connectivity index (χ3n) is 2.94. The summed E-state index contributed by atoms with van der Waals surface area (Å²) in [5, 5.41) is 3.32. The summed E-state index contributed by atoms with van der Waals surface area (Å²) in [4.78, 5) is 4.36. The summed E-state index contributed by atoms with van der Waals surface area (Å²) in [7, 11) is 0. The van der Waals surface area contributed by atoms with Crippen LogP contribution in [0.15, 0.2) is 42.6 Å². The second kappa shape index (κ2) is 8.15. The van der Waals surface area contributed by atoms with Gasteiger partial charge in [0.1, 0.15) is 23.9 Å². The zero-order valence-electron chi connectivity index (χ0n) is 12.6. The third-order valence-corrected chi connectivity index (χ3v) is 2.94. The Hall–Kier alpha value is -2.23. The number of nitrogens with one attached hydrogen (secondary N) is 1. The van der Waals surface area contributed by atoms with Crippen LogP contribution in [-0.4, -0.2) is 18.1 Å². The largest absolute Gasteiger partial charge is 0.494 e. The highest BCUT2D eigenvalue weighted by atomic mass is 16.5. The van der Waals surface area contributed by atoms with Crippen LogP contribution in [0.1, 0.15) is 25.8 Å². The Morgan fingerprint density at radius 3 is 2.62 bits per heavy atom. The lowest BCUT2D eigenvalue weighted by atomic mass is 10.2. The van der Waals surface area contributed by atoms with Gasteiger partial charge in [-0.05, 0) is 31.5 Å². The van der Waals surface area contributed by atoms with Crippen molar-refractivity contribution < 1.29 is 9.47 Å². The molecule has 4 nitrogen and oxygen atoms in total. The van der Waals surface area contributed by atoms with Gasteiger partial charge in [0, 0.05) is 24.4 Å². The van der Waals surface area contributed by atoms with Gasteiger partial charge in [-0.2, -0.15) is 0 Å². The van der Waals surface area contributed by atoms with Crippen LogP contribution in [0.5, 0.6) is 11.5 Å². The van der Waals surface area contributed by atoms with E-state index in [2.05, 4.69) is 17.2 Å². The molecule has 0 saturated carbocycles. The first-order chi connectivity index (χ1) is 10.3. The van der Waals surface area contributed by atoms with Crippen molar-refractivity contribution in [3.8, 4) is 11.5 Å². The molecule has 0 unspecified atom stereocenters. The predicted molar refractivity (Wildman–Crippen MR) is 85.0 cm³/mol. The molecule has 112 valence electrons. The molecule has 0 amide bonds. The molecule has 0 aliphatic heterocycles. The maximum absolute atomic E-state index is 5.84. The normalized spacial score (nSPS) is 10.2. The molecule has 0 aliphatic carbocycles. The van der Waals surface area contributed by atoms with Crippen molar-refractivity contribution in [2.45, 2.75) is 26.9 Å². The maximum atomic E-state index is 5.84. The Bertz CT molecular complexity index is 558. The van der Waals surface area contributed by atoms with Gasteiger partial charge in [0.2, 0.25) is 0 Å². The highest BCUT2D eigenvalue weighted by Gasteiger charge is 2.04. The van der Waals surface area contributed by atoms with E-state index >= 15 is 0 Å². The molecule has 1 aromatic carbocycles. The Kier molecular flexibility index (Phi) is 5.88. The summed E-state index contributed by atoms with van der Waals surface area (Å²) in [5.74, 6) is 2.51. The fourth-order valence-corrected chi connectivity index (χ4v) is 1.94. The molecular weight excluding hydrogens is 264 g/mol. The minimum Gasteiger partial charge on any atom is -0.494 e. The van der Waals surface area contributed by atoms with Crippen molar-refractivity contribution in [2.24, 2.45) is 0 Å². The first-order valence-electron chi connectivity index (χ1n) is 7.37. The summed E-state index contributed by atoms with van der Waals surface area (Å²) in [6.07, 6.45) is 2.85. The molecule has 0 atom stereocenters. The van der Waals surface area contributed by atoms with Gasteiger partial charge >= 0.3 is 0 Å². The highest BCUT2D eigenvalue weighted by Crippen LogP contribution is 2.21. The molecule has 2 rings (SSSR count). The Morgan fingerprint density at radius 1 is 1.05 bits per heavy atom. The Balaban J connectivity index is 2.00. The Labute approximate surface area is 126 Å². The van der Waals surface area contributed by atoms with E-state index in [1.54, 1.807) is 6.20 Å². The minimum atomic E-state index is 0.482. The third kappa shape index (κ3) is 4.67. The monoisotopic (exact) mass is 286 g/mol. The van der Waals surface area contributed by atoms with Crippen molar-refractivity contribution in [1.82, 2.24) is 4.98 Å². The van der Waals surface area contributed by atoms with Crippen molar-refractivity contribution in [2.75, 3.05) is 18.5 Å². The van der Waals surface area contributed by atoms with Crippen LogP contribution in [0.4, 0.5) is 5.82 Å². The predicted octanol–water partition coefficient (Wildman–Crippen LogP) is 3.88. The van der Waals surface area contributed by atoms with Crippen molar-refractivity contribution in [3.05, 3.63) is 48.2 Å². The van der Waals surface area contributed by atoms with Crippen molar-refractivity contribution >= 4 is 5.82 Å². The molecule has 1 N–H and O–H groups in total. The quantitative estimate of drug-likeness (QED) is 0.799. The van der Waals surface area contributed by atoms with Gasteiger partial charge in [-0.1, -0.05) is 19.1 Å². The molecule has 0 radical (unpaired) electrons. The van der Waals surface area contributed by atoms with E-state index in [0.29, 0.717) is 13.2 Å². The first-order valence-corrected chi connectivity index (χ1v) is 7.37. The number of anilines is 1. The molecular formula is C17H22N2O2. The zero-order valence-corrected chi connectivity index (χ0v) is 12.6. The standard InChI is InChI=1S/C17H22N2O2/c1-3-10-18-17-14(7-6-11-19-17)13-21-16-9-5-8-15(12-16)20-4-2/h5-9,11-12H,3-4,10,13H2,1-2H3,(H,18,19). The molecule has 2 aromatic rings. The topological polar surface area (TPSA) is 43.4 Å². The smallest absolute Gasteiger partial charge is 0.132 e. The fraction of sp³-hybridized carbons (Fsp3) is 0.353. The van der Waals surface area contributed by atoms with Gasteiger partial charge in [-0.3, -0.25) is 0 Å². The number of aromatic nitrogens is 1. The first kappa shape index (κ1) is 15.2. The molecule has 0 fully saturated rings. The van der Waals surface area contributed by atoms with Gasteiger partial charge in [-0.25, -0.2) is 4.98 Å². The second-order valence-electron chi connectivity index (χ2n) is 4.63. The lowest BCUT2D eigenvalue weighted by Gasteiger charge is -2.12. The maximum Gasteiger partial charge on any atom is 0.132 e. The Morgan fingerprint density at radius 2 is 1.86 bits per heavy atom. The number of hydrogen-bond acceptors (Lipinski definition) is 4. The summed E-state index contributed by atoms with van der Waals surface area (Å²) < 4.78 is 11.3. The van der Waals surface area contributed by atoms with Crippen LogP contribution in [-0.2, 0) is 6.61 Å². The van der Waals surface area contributed by atoms with Crippen LogP contribution in [0.3, 0.4) is 0 Å².